The molecule has 1 rings (SSSR count). The average Bonchev–Trinajstić information content (AvgIpc) is 2.95. The Labute approximate surface area is 94.8 Å². The van der Waals surface area contributed by atoms with E-state index in [2.05, 4.69) is 26.1 Å². The van der Waals surface area contributed by atoms with Gasteiger partial charge in [-0.3, -0.25) is 0 Å². The molecule has 1 aliphatic rings. The summed E-state index contributed by atoms with van der Waals surface area (Å²) in [5, 5.41) is 3.65. The Kier molecular flexibility index (Phi) is 5.62. The van der Waals surface area contributed by atoms with Crippen LogP contribution in [0.25, 0.3) is 0 Å². The summed E-state index contributed by atoms with van der Waals surface area (Å²) in [5.74, 6) is 2.23. The van der Waals surface area contributed by atoms with Crippen LogP contribution < -0.4 is 5.32 Å². The summed E-state index contributed by atoms with van der Waals surface area (Å²) >= 11 is 0. The standard InChI is InChI=1S/C13H27NO/c1-10(2)7-12(11(3)9-15-4)8-14-13-5-6-13/h10-14H,5-9H2,1-4H3. The summed E-state index contributed by atoms with van der Waals surface area (Å²) in [6.07, 6.45) is 4.07. The lowest BCUT2D eigenvalue weighted by Gasteiger charge is -2.25. The van der Waals surface area contributed by atoms with Crippen molar-refractivity contribution in [1.82, 2.24) is 5.32 Å². The normalized spacial score (nSPS) is 20.6. The van der Waals surface area contributed by atoms with Crippen LogP contribution in [0.5, 0.6) is 0 Å². The van der Waals surface area contributed by atoms with E-state index in [1.807, 2.05) is 0 Å². The quantitative estimate of drug-likeness (QED) is 0.669. The van der Waals surface area contributed by atoms with Gasteiger partial charge in [0.15, 0.2) is 0 Å². The molecule has 0 aromatic carbocycles. The number of ether oxygens (including phenoxy) is 1. The van der Waals surface area contributed by atoms with E-state index >= 15 is 0 Å². The lowest BCUT2D eigenvalue weighted by atomic mass is 9.87. The lowest BCUT2D eigenvalue weighted by molar-refractivity contribution is 0.120. The van der Waals surface area contributed by atoms with Gasteiger partial charge >= 0.3 is 0 Å². The molecule has 0 spiro atoms. The smallest absolute Gasteiger partial charge is 0.0490 e. The van der Waals surface area contributed by atoms with Crippen molar-refractivity contribution in [3.63, 3.8) is 0 Å². The van der Waals surface area contributed by atoms with Crippen LogP contribution in [0.4, 0.5) is 0 Å². The zero-order valence-corrected chi connectivity index (χ0v) is 10.8. The van der Waals surface area contributed by atoms with Crippen molar-refractivity contribution in [2.24, 2.45) is 17.8 Å². The first kappa shape index (κ1) is 13.0. The summed E-state index contributed by atoms with van der Waals surface area (Å²) in [6.45, 7) is 9.00. The molecule has 0 heterocycles. The number of methoxy groups -OCH3 is 1. The van der Waals surface area contributed by atoms with Gasteiger partial charge in [-0.1, -0.05) is 20.8 Å². The van der Waals surface area contributed by atoms with Crippen LogP contribution in [0, 0.1) is 17.8 Å². The van der Waals surface area contributed by atoms with Crippen LogP contribution in [0.2, 0.25) is 0 Å². The number of hydrogen-bond acceptors (Lipinski definition) is 2. The van der Waals surface area contributed by atoms with Gasteiger partial charge in [0.2, 0.25) is 0 Å². The zero-order chi connectivity index (χ0) is 11.3. The van der Waals surface area contributed by atoms with Gasteiger partial charge in [-0.2, -0.15) is 0 Å². The number of rotatable bonds is 8. The Balaban J connectivity index is 2.28. The summed E-state index contributed by atoms with van der Waals surface area (Å²) < 4.78 is 5.26. The Morgan fingerprint density at radius 1 is 1.27 bits per heavy atom. The van der Waals surface area contributed by atoms with E-state index in [4.69, 9.17) is 4.74 Å². The number of hydrogen-bond donors (Lipinski definition) is 1. The predicted octanol–water partition coefficient (Wildman–Crippen LogP) is 2.68. The van der Waals surface area contributed by atoms with Gasteiger partial charge in [-0.15, -0.1) is 0 Å². The Morgan fingerprint density at radius 3 is 2.40 bits per heavy atom. The van der Waals surface area contributed by atoms with E-state index in [1.165, 1.54) is 25.8 Å². The SMILES string of the molecule is COCC(C)C(CNC1CC1)CC(C)C. The molecule has 2 heteroatoms. The third-order valence-electron chi connectivity index (χ3n) is 3.25. The third-order valence-corrected chi connectivity index (χ3v) is 3.25. The summed E-state index contributed by atoms with van der Waals surface area (Å²) in [4.78, 5) is 0. The monoisotopic (exact) mass is 213 g/mol. The molecule has 1 aliphatic carbocycles. The molecule has 0 saturated heterocycles. The molecule has 0 aromatic heterocycles. The topological polar surface area (TPSA) is 21.3 Å². The van der Waals surface area contributed by atoms with Gasteiger partial charge in [0.05, 0.1) is 0 Å². The Morgan fingerprint density at radius 2 is 1.93 bits per heavy atom. The van der Waals surface area contributed by atoms with E-state index in [-0.39, 0.29) is 0 Å². The van der Waals surface area contributed by atoms with E-state index in [1.54, 1.807) is 7.11 Å². The molecule has 2 atom stereocenters. The van der Waals surface area contributed by atoms with Crippen LogP contribution in [0.3, 0.4) is 0 Å². The molecule has 0 bridgehead atoms. The molecular weight excluding hydrogens is 186 g/mol. The van der Waals surface area contributed by atoms with E-state index in [0.29, 0.717) is 5.92 Å². The maximum atomic E-state index is 5.26. The minimum Gasteiger partial charge on any atom is -0.384 e. The zero-order valence-electron chi connectivity index (χ0n) is 10.8. The van der Waals surface area contributed by atoms with Gasteiger partial charge in [-0.05, 0) is 43.6 Å². The van der Waals surface area contributed by atoms with E-state index < -0.39 is 0 Å². The van der Waals surface area contributed by atoms with Crippen LogP contribution >= 0.6 is 0 Å². The van der Waals surface area contributed by atoms with Gasteiger partial charge in [0.1, 0.15) is 0 Å². The Bertz CT molecular complexity index is 166. The summed E-state index contributed by atoms with van der Waals surface area (Å²) in [6, 6.07) is 0.828. The van der Waals surface area contributed by atoms with E-state index in [9.17, 15) is 0 Å². The number of nitrogens with one attached hydrogen (secondary N) is 1. The largest absolute Gasteiger partial charge is 0.384 e. The fourth-order valence-electron chi connectivity index (χ4n) is 2.13. The highest BCUT2D eigenvalue weighted by Gasteiger charge is 2.24. The van der Waals surface area contributed by atoms with Crippen molar-refractivity contribution in [2.45, 2.75) is 46.1 Å². The highest BCUT2D eigenvalue weighted by molar-refractivity contribution is 4.83. The van der Waals surface area contributed by atoms with Crippen LogP contribution in [0.1, 0.15) is 40.0 Å². The van der Waals surface area contributed by atoms with Crippen LogP contribution in [0.15, 0.2) is 0 Å². The molecule has 2 nitrogen and oxygen atoms in total. The molecule has 2 unspecified atom stereocenters. The molecule has 1 saturated carbocycles. The highest BCUT2D eigenvalue weighted by Crippen LogP contribution is 2.23. The van der Waals surface area contributed by atoms with Crippen molar-refractivity contribution in [2.75, 3.05) is 20.3 Å². The molecule has 0 radical (unpaired) electrons. The van der Waals surface area contributed by atoms with Crippen molar-refractivity contribution >= 4 is 0 Å². The molecule has 0 aliphatic heterocycles. The Hall–Kier alpha value is -0.0800. The molecular formula is C13H27NO. The fourth-order valence-corrected chi connectivity index (χ4v) is 2.13. The molecule has 0 aromatic rings. The first-order chi connectivity index (χ1) is 7.13. The van der Waals surface area contributed by atoms with Crippen LogP contribution in [-0.2, 0) is 4.74 Å². The van der Waals surface area contributed by atoms with Gasteiger partial charge in [0, 0.05) is 19.8 Å². The third kappa shape index (κ3) is 5.53. The summed E-state index contributed by atoms with van der Waals surface area (Å²) in [7, 11) is 1.80. The van der Waals surface area contributed by atoms with Gasteiger partial charge in [0.25, 0.3) is 0 Å². The first-order valence-corrected chi connectivity index (χ1v) is 6.35. The molecule has 15 heavy (non-hydrogen) atoms. The molecule has 0 amide bonds. The molecule has 1 N–H and O–H groups in total. The second-order valence-corrected chi connectivity index (χ2v) is 5.50. The molecule has 90 valence electrons. The molecule has 1 fully saturated rings. The average molecular weight is 213 g/mol. The first-order valence-electron chi connectivity index (χ1n) is 6.35. The van der Waals surface area contributed by atoms with Crippen molar-refractivity contribution < 1.29 is 4.74 Å². The van der Waals surface area contributed by atoms with Crippen molar-refractivity contribution in [3.8, 4) is 0 Å². The predicted molar refractivity (Wildman–Crippen MR) is 65.0 cm³/mol. The van der Waals surface area contributed by atoms with Gasteiger partial charge < -0.3 is 10.1 Å². The van der Waals surface area contributed by atoms with Crippen molar-refractivity contribution in [3.05, 3.63) is 0 Å². The minimum absolute atomic E-state index is 0.670. The van der Waals surface area contributed by atoms with Gasteiger partial charge in [-0.25, -0.2) is 0 Å². The summed E-state index contributed by atoms with van der Waals surface area (Å²) in [5.41, 5.74) is 0. The fraction of sp³-hybridized carbons (Fsp3) is 1.00. The van der Waals surface area contributed by atoms with E-state index in [0.717, 1.165) is 24.5 Å². The second-order valence-electron chi connectivity index (χ2n) is 5.50. The lowest BCUT2D eigenvalue weighted by Crippen LogP contribution is -2.31. The van der Waals surface area contributed by atoms with Crippen molar-refractivity contribution in [1.29, 1.82) is 0 Å². The minimum atomic E-state index is 0.670. The maximum Gasteiger partial charge on any atom is 0.0490 e. The van der Waals surface area contributed by atoms with Crippen LogP contribution in [-0.4, -0.2) is 26.3 Å². The highest BCUT2D eigenvalue weighted by atomic mass is 16.5. The maximum absolute atomic E-state index is 5.26. The second kappa shape index (κ2) is 6.49.